The van der Waals surface area contributed by atoms with Crippen LogP contribution in [0.5, 0.6) is 0 Å². The number of carboxylic acids is 1. The van der Waals surface area contributed by atoms with Crippen molar-refractivity contribution in [3.63, 3.8) is 0 Å². The molecule has 0 aliphatic carbocycles. The maximum absolute atomic E-state index is 12.1. The molecule has 16 heavy (non-hydrogen) atoms. The van der Waals surface area contributed by atoms with Crippen LogP contribution in [0.2, 0.25) is 0 Å². The Hall–Kier alpha value is -1.06. The van der Waals surface area contributed by atoms with Crippen LogP contribution in [-0.4, -0.2) is 34.0 Å². The van der Waals surface area contributed by atoms with Crippen molar-refractivity contribution >= 4 is 11.9 Å². The fraction of sp³-hybridized carbons (Fsp3) is 0.833. The zero-order chi connectivity index (χ0) is 12.3. The van der Waals surface area contributed by atoms with Crippen molar-refractivity contribution in [2.24, 2.45) is 5.92 Å². The van der Waals surface area contributed by atoms with Gasteiger partial charge in [-0.05, 0) is 25.7 Å². The molecule has 92 valence electrons. The minimum atomic E-state index is -0.944. The number of hydrogen-bond donors (Lipinski definition) is 1. The first kappa shape index (κ1) is 13.0. The Balaban J connectivity index is 2.94. The molecule has 4 nitrogen and oxygen atoms in total. The van der Waals surface area contributed by atoms with Crippen LogP contribution >= 0.6 is 0 Å². The summed E-state index contributed by atoms with van der Waals surface area (Å²) in [7, 11) is 0. The van der Waals surface area contributed by atoms with Gasteiger partial charge in [0.25, 0.3) is 0 Å². The summed E-state index contributed by atoms with van der Waals surface area (Å²) in [6.45, 7) is 6.25. The molecule has 1 fully saturated rings. The minimum Gasteiger partial charge on any atom is -0.479 e. The van der Waals surface area contributed by atoms with Crippen LogP contribution in [-0.2, 0) is 9.59 Å². The van der Waals surface area contributed by atoms with Gasteiger partial charge in [-0.15, -0.1) is 0 Å². The third kappa shape index (κ3) is 1.93. The highest BCUT2D eigenvalue weighted by Gasteiger charge is 2.48. The van der Waals surface area contributed by atoms with Crippen molar-refractivity contribution in [3.8, 4) is 0 Å². The summed E-state index contributed by atoms with van der Waals surface area (Å²) in [4.78, 5) is 25.1. The summed E-state index contributed by atoms with van der Waals surface area (Å²) in [6.07, 6.45) is 2.63. The maximum Gasteiger partial charge on any atom is 0.329 e. The SMILES string of the molecule is CCC(C)C(=O)N1CCCC1(CC)C(=O)O. The largest absolute Gasteiger partial charge is 0.479 e. The summed E-state index contributed by atoms with van der Waals surface area (Å²) in [5, 5.41) is 9.34. The number of aliphatic carboxylic acids is 1. The fourth-order valence-corrected chi connectivity index (χ4v) is 2.38. The number of hydrogen-bond acceptors (Lipinski definition) is 2. The zero-order valence-electron chi connectivity index (χ0n) is 10.3. The molecule has 1 saturated heterocycles. The van der Waals surface area contributed by atoms with E-state index >= 15 is 0 Å². The van der Waals surface area contributed by atoms with Crippen molar-refractivity contribution in [2.75, 3.05) is 6.54 Å². The van der Waals surface area contributed by atoms with E-state index in [-0.39, 0.29) is 11.8 Å². The summed E-state index contributed by atoms with van der Waals surface area (Å²) in [5.74, 6) is -0.947. The van der Waals surface area contributed by atoms with Crippen LogP contribution in [0.3, 0.4) is 0 Å². The Bertz CT molecular complexity index is 290. The molecule has 2 unspecified atom stereocenters. The standard InChI is InChI=1S/C12H21NO3/c1-4-9(3)10(14)13-8-6-7-12(13,5-2)11(15)16/h9H,4-8H2,1-3H3,(H,15,16). The second-order valence-electron chi connectivity index (χ2n) is 4.59. The summed E-state index contributed by atoms with van der Waals surface area (Å²) in [5.41, 5.74) is -0.944. The Kier molecular flexibility index (Phi) is 3.94. The van der Waals surface area contributed by atoms with Crippen LogP contribution < -0.4 is 0 Å². The summed E-state index contributed by atoms with van der Waals surface area (Å²) in [6, 6.07) is 0. The van der Waals surface area contributed by atoms with Gasteiger partial charge in [0.2, 0.25) is 5.91 Å². The summed E-state index contributed by atoms with van der Waals surface area (Å²) >= 11 is 0. The first-order valence-corrected chi connectivity index (χ1v) is 6.04. The lowest BCUT2D eigenvalue weighted by Gasteiger charge is -2.35. The number of amides is 1. The van der Waals surface area contributed by atoms with E-state index in [9.17, 15) is 14.7 Å². The van der Waals surface area contributed by atoms with E-state index in [2.05, 4.69) is 0 Å². The molecule has 1 heterocycles. The Morgan fingerprint density at radius 2 is 2.06 bits per heavy atom. The molecule has 1 N–H and O–H groups in total. The second kappa shape index (κ2) is 4.85. The van der Waals surface area contributed by atoms with Crippen LogP contribution in [0.15, 0.2) is 0 Å². The average Bonchev–Trinajstić information content (AvgIpc) is 2.71. The topological polar surface area (TPSA) is 57.6 Å². The third-order valence-corrected chi connectivity index (χ3v) is 3.77. The average molecular weight is 227 g/mol. The van der Waals surface area contributed by atoms with Gasteiger partial charge in [0.15, 0.2) is 0 Å². The summed E-state index contributed by atoms with van der Waals surface area (Å²) < 4.78 is 0. The molecule has 0 bridgehead atoms. The van der Waals surface area contributed by atoms with Crippen molar-refractivity contribution in [3.05, 3.63) is 0 Å². The van der Waals surface area contributed by atoms with E-state index < -0.39 is 11.5 Å². The van der Waals surface area contributed by atoms with Gasteiger partial charge >= 0.3 is 5.97 Å². The van der Waals surface area contributed by atoms with E-state index in [1.165, 1.54) is 0 Å². The molecule has 0 spiro atoms. The van der Waals surface area contributed by atoms with E-state index in [4.69, 9.17) is 0 Å². The van der Waals surface area contributed by atoms with Gasteiger partial charge < -0.3 is 10.0 Å². The lowest BCUT2D eigenvalue weighted by Crippen LogP contribution is -2.54. The predicted molar refractivity (Wildman–Crippen MR) is 61.1 cm³/mol. The van der Waals surface area contributed by atoms with E-state index in [1.807, 2.05) is 20.8 Å². The Labute approximate surface area is 96.6 Å². The monoisotopic (exact) mass is 227 g/mol. The van der Waals surface area contributed by atoms with Crippen molar-refractivity contribution in [2.45, 2.75) is 52.0 Å². The third-order valence-electron chi connectivity index (χ3n) is 3.77. The fourth-order valence-electron chi connectivity index (χ4n) is 2.38. The lowest BCUT2D eigenvalue weighted by atomic mass is 9.92. The molecule has 1 aliphatic heterocycles. The molecule has 0 aromatic carbocycles. The lowest BCUT2D eigenvalue weighted by molar-refractivity contribution is -0.158. The molecule has 1 aliphatic rings. The molecule has 1 amide bonds. The van der Waals surface area contributed by atoms with Gasteiger partial charge in [-0.3, -0.25) is 4.79 Å². The van der Waals surface area contributed by atoms with E-state index in [0.29, 0.717) is 19.4 Å². The second-order valence-corrected chi connectivity index (χ2v) is 4.59. The first-order chi connectivity index (χ1) is 7.49. The van der Waals surface area contributed by atoms with Crippen LogP contribution in [0.25, 0.3) is 0 Å². The van der Waals surface area contributed by atoms with Gasteiger partial charge in [-0.2, -0.15) is 0 Å². The molecule has 4 heteroatoms. The quantitative estimate of drug-likeness (QED) is 0.797. The zero-order valence-corrected chi connectivity index (χ0v) is 10.3. The predicted octanol–water partition coefficient (Wildman–Crippen LogP) is 1.89. The normalized spacial score (nSPS) is 26.8. The van der Waals surface area contributed by atoms with Crippen molar-refractivity contribution in [1.29, 1.82) is 0 Å². The molecule has 2 atom stereocenters. The molecule has 1 rings (SSSR count). The first-order valence-electron chi connectivity index (χ1n) is 6.04. The van der Waals surface area contributed by atoms with E-state index in [1.54, 1.807) is 4.90 Å². The maximum atomic E-state index is 12.1. The number of nitrogens with zero attached hydrogens (tertiary/aromatic N) is 1. The van der Waals surface area contributed by atoms with Gasteiger partial charge in [0, 0.05) is 12.5 Å². The number of carboxylic acid groups (broad SMARTS) is 1. The van der Waals surface area contributed by atoms with Gasteiger partial charge in [0.1, 0.15) is 5.54 Å². The molecule has 0 aromatic heterocycles. The smallest absolute Gasteiger partial charge is 0.329 e. The molecule has 0 aromatic rings. The highest BCUT2D eigenvalue weighted by molar-refractivity contribution is 5.88. The number of rotatable bonds is 4. The number of likely N-dealkylation sites (tertiary alicyclic amines) is 1. The molecule has 0 radical (unpaired) electrons. The Morgan fingerprint density at radius 3 is 2.50 bits per heavy atom. The van der Waals surface area contributed by atoms with E-state index in [0.717, 1.165) is 12.8 Å². The number of carbonyl (C=O) groups is 2. The van der Waals surface area contributed by atoms with Crippen LogP contribution in [0.1, 0.15) is 46.5 Å². The molecular weight excluding hydrogens is 206 g/mol. The van der Waals surface area contributed by atoms with Crippen molar-refractivity contribution in [1.82, 2.24) is 4.90 Å². The highest BCUT2D eigenvalue weighted by Crippen LogP contribution is 2.34. The van der Waals surface area contributed by atoms with Crippen molar-refractivity contribution < 1.29 is 14.7 Å². The Morgan fingerprint density at radius 1 is 1.44 bits per heavy atom. The minimum absolute atomic E-state index is 0.00995. The van der Waals surface area contributed by atoms with Crippen LogP contribution in [0, 0.1) is 5.92 Å². The van der Waals surface area contributed by atoms with Gasteiger partial charge in [-0.1, -0.05) is 20.8 Å². The molecule has 0 saturated carbocycles. The molecular formula is C12H21NO3. The van der Waals surface area contributed by atoms with Gasteiger partial charge in [0.05, 0.1) is 0 Å². The highest BCUT2D eigenvalue weighted by atomic mass is 16.4. The van der Waals surface area contributed by atoms with Gasteiger partial charge in [-0.25, -0.2) is 4.79 Å². The number of carbonyl (C=O) groups excluding carboxylic acids is 1. The van der Waals surface area contributed by atoms with Crippen LogP contribution in [0.4, 0.5) is 0 Å².